The third-order valence-corrected chi connectivity index (χ3v) is 0.974. The van der Waals surface area contributed by atoms with Crippen molar-refractivity contribution in [2.24, 2.45) is 0 Å². The van der Waals surface area contributed by atoms with E-state index >= 15 is 0 Å². The van der Waals surface area contributed by atoms with Gasteiger partial charge in [0.1, 0.15) is 0 Å². The highest BCUT2D eigenvalue weighted by Crippen LogP contribution is 1.97. The molecule has 0 aromatic heterocycles. The lowest BCUT2D eigenvalue weighted by Gasteiger charge is -2.10. The highest BCUT2D eigenvalue weighted by Gasteiger charge is 1.97. The summed E-state index contributed by atoms with van der Waals surface area (Å²) < 4.78 is 0. The van der Waals surface area contributed by atoms with E-state index in [9.17, 15) is 0 Å². The van der Waals surface area contributed by atoms with Crippen molar-refractivity contribution in [3.63, 3.8) is 0 Å². The van der Waals surface area contributed by atoms with E-state index in [1.54, 1.807) is 0 Å². The highest BCUT2D eigenvalue weighted by molar-refractivity contribution is 4.99. The predicted molar refractivity (Wildman–Crippen MR) is 29.6 cm³/mol. The standard InChI is InChI=1S/C6H9N/c1-6-4-2-3-5-7-6/h2,4,6-7H,3H2,1H3. The lowest BCUT2D eigenvalue weighted by molar-refractivity contribution is 0.681. The molecule has 0 aromatic carbocycles. The van der Waals surface area contributed by atoms with Gasteiger partial charge in [-0.05, 0) is 13.3 Å². The molecule has 7 heavy (non-hydrogen) atoms. The first kappa shape index (κ1) is 4.85. The Morgan fingerprint density at radius 1 is 1.86 bits per heavy atom. The normalized spacial score (nSPS) is 30.7. The number of rotatable bonds is 0. The number of nitrogens with one attached hydrogen (secondary N) is 1. The minimum absolute atomic E-state index is 0.494. The van der Waals surface area contributed by atoms with Crippen molar-refractivity contribution in [2.75, 3.05) is 0 Å². The van der Waals surface area contributed by atoms with Crippen molar-refractivity contribution < 1.29 is 0 Å². The van der Waals surface area contributed by atoms with Gasteiger partial charge in [0.25, 0.3) is 0 Å². The first-order valence-corrected chi connectivity index (χ1v) is 2.54. The zero-order valence-corrected chi connectivity index (χ0v) is 4.44. The number of hydrogen-bond acceptors (Lipinski definition) is 1. The lowest BCUT2D eigenvalue weighted by atomic mass is 10.2. The molecule has 38 valence electrons. The van der Waals surface area contributed by atoms with Crippen molar-refractivity contribution >= 4 is 0 Å². The topological polar surface area (TPSA) is 12.0 Å². The molecule has 0 fully saturated rings. The largest absolute Gasteiger partial charge is 0.302 e. The van der Waals surface area contributed by atoms with Crippen LogP contribution >= 0.6 is 0 Å². The Balaban J connectivity index is 2.36. The van der Waals surface area contributed by atoms with Gasteiger partial charge in [0.05, 0.1) is 6.54 Å². The molecule has 0 aliphatic carbocycles. The summed E-state index contributed by atoms with van der Waals surface area (Å²) in [6.07, 6.45) is 5.20. The molecule has 1 aliphatic heterocycles. The van der Waals surface area contributed by atoms with E-state index in [2.05, 4.69) is 30.9 Å². The molecule has 1 heterocycles. The van der Waals surface area contributed by atoms with E-state index in [1.807, 2.05) is 0 Å². The quantitative estimate of drug-likeness (QED) is 0.442. The van der Waals surface area contributed by atoms with Gasteiger partial charge in [-0.2, -0.15) is 0 Å². The fourth-order valence-corrected chi connectivity index (χ4v) is 0.599. The molecule has 1 N–H and O–H groups in total. The zero-order chi connectivity index (χ0) is 5.11. The van der Waals surface area contributed by atoms with Crippen LogP contribution in [0.2, 0.25) is 0 Å². The van der Waals surface area contributed by atoms with E-state index in [-0.39, 0.29) is 0 Å². The second kappa shape index (κ2) is 2.12. The average molecular weight is 95.1 g/mol. The Labute approximate surface area is 44.4 Å². The Morgan fingerprint density at radius 2 is 2.71 bits per heavy atom. The molecule has 0 saturated heterocycles. The molecule has 1 unspecified atom stereocenters. The van der Waals surface area contributed by atoms with E-state index in [0.29, 0.717) is 6.04 Å². The lowest BCUT2D eigenvalue weighted by Crippen LogP contribution is -2.23. The van der Waals surface area contributed by atoms with Gasteiger partial charge in [-0.15, -0.1) is 0 Å². The van der Waals surface area contributed by atoms with Crippen molar-refractivity contribution in [3.05, 3.63) is 18.7 Å². The predicted octanol–water partition coefficient (Wildman–Crippen LogP) is 0.963. The van der Waals surface area contributed by atoms with Gasteiger partial charge in [0, 0.05) is 6.04 Å². The summed E-state index contributed by atoms with van der Waals surface area (Å²) in [4.78, 5) is 0. The van der Waals surface area contributed by atoms with Crippen molar-refractivity contribution in [1.82, 2.24) is 5.32 Å². The van der Waals surface area contributed by atoms with E-state index in [4.69, 9.17) is 0 Å². The summed E-state index contributed by atoms with van der Waals surface area (Å²) in [5.41, 5.74) is 0. The molecule has 1 nitrogen and oxygen atoms in total. The van der Waals surface area contributed by atoms with Gasteiger partial charge in [0.15, 0.2) is 0 Å². The SMILES string of the molecule is CC1C=CC[C]N1. The second-order valence-electron chi connectivity index (χ2n) is 1.74. The molecular formula is C6H9N. The van der Waals surface area contributed by atoms with Crippen LogP contribution in [-0.2, 0) is 0 Å². The molecular weight excluding hydrogens is 86.1 g/mol. The average Bonchev–Trinajstić information content (AvgIpc) is 1.69. The summed E-state index contributed by atoms with van der Waals surface area (Å²) >= 11 is 0. The van der Waals surface area contributed by atoms with Gasteiger partial charge in [-0.1, -0.05) is 12.2 Å². The summed E-state index contributed by atoms with van der Waals surface area (Å²) in [6, 6.07) is 0.494. The van der Waals surface area contributed by atoms with Crippen molar-refractivity contribution in [2.45, 2.75) is 19.4 Å². The summed E-state index contributed by atoms with van der Waals surface area (Å²) in [5.74, 6) is 0. The summed E-state index contributed by atoms with van der Waals surface area (Å²) in [5, 5.41) is 3.05. The molecule has 1 rings (SSSR count). The minimum Gasteiger partial charge on any atom is -0.302 e. The van der Waals surface area contributed by atoms with Crippen molar-refractivity contribution in [1.29, 1.82) is 0 Å². The van der Waals surface area contributed by atoms with Crippen LogP contribution in [0.25, 0.3) is 0 Å². The molecule has 1 aliphatic rings. The van der Waals surface area contributed by atoms with Crippen LogP contribution in [0, 0.1) is 6.54 Å². The maximum atomic E-state index is 3.05. The highest BCUT2D eigenvalue weighted by atomic mass is 14.9. The fourth-order valence-electron chi connectivity index (χ4n) is 0.599. The van der Waals surface area contributed by atoms with Gasteiger partial charge in [-0.3, -0.25) is 0 Å². The van der Waals surface area contributed by atoms with Gasteiger partial charge in [-0.25, -0.2) is 0 Å². The van der Waals surface area contributed by atoms with Gasteiger partial charge >= 0.3 is 0 Å². The third-order valence-electron chi connectivity index (χ3n) is 0.974. The van der Waals surface area contributed by atoms with Gasteiger partial charge < -0.3 is 5.32 Å². The first-order chi connectivity index (χ1) is 3.39. The molecule has 1 heteroatoms. The van der Waals surface area contributed by atoms with Gasteiger partial charge in [0.2, 0.25) is 0 Å². The Hall–Kier alpha value is -0.300. The second-order valence-corrected chi connectivity index (χ2v) is 1.74. The molecule has 0 amide bonds. The minimum atomic E-state index is 0.494. The molecule has 1 atom stereocenters. The van der Waals surface area contributed by atoms with E-state index in [1.165, 1.54) is 0 Å². The van der Waals surface area contributed by atoms with E-state index < -0.39 is 0 Å². The third kappa shape index (κ3) is 1.32. The molecule has 0 saturated carbocycles. The smallest absolute Gasteiger partial charge is 0.0632 e. The molecule has 2 radical (unpaired) electrons. The number of hydrogen-bond donors (Lipinski definition) is 1. The zero-order valence-electron chi connectivity index (χ0n) is 4.44. The van der Waals surface area contributed by atoms with Crippen LogP contribution in [0.15, 0.2) is 12.2 Å². The maximum Gasteiger partial charge on any atom is 0.0632 e. The summed E-state index contributed by atoms with van der Waals surface area (Å²) in [7, 11) is 0. The molecule has 0 aromatic rings. The first-order valence-electron chi connectivity index (χ1n) is 2.54. The molecule has 0 spiro atoms. The maximum absolute atomic E-state index is 3.05. The van der Waals surface area contributed by atoms with Crippen LogP contribution in [0.4, 0.5) is 0 Å². The Bertz CT molecular complexity index is 76.2. The van der Waals surface area contributed by atoms with Crippen molar-refractivity contribution in [3.8, 4) is 0 Å². The Kier molecular flexibility index (Phi) is 1.47. The van der Waals surface area contributed by atoms with Crippen LogP contribution in [-0.4, -0.2) is 6.04 Å². The van der Waals surface area contributed by atoms with Crippen LogP contribution in [0.1, 0.15) is 13.3 Å². The summed E-state index contributed by atoms with van der Waals surface area (Å²) in [6.45, 7) is 5.10. The van der Waals surface area contributed by atoms with Crippen LogP contribution in [0.3, 0.4) is 0 Å². The fraction of sp³-hybridized carbons (Fsp3) is 0.500. The van der Waals surface area contributed by atoms with Crippen LogP contribution in [0.5, 0.6) is 0 Å². The van der Waals surface area contributed by atoms with Crippen LogP contribution < -0.4 is 5.32 Å². The Morgan fingerprint density at radius 3 is 3.00 bits per heavy atom. The van der Waals surface area contributed by atoms with E-state index in [0.717, 1.165) is 6.42 Å². The molecule has 0 bridgehead atoms. The monoisotopic (exact) mass is 95.1 g/mol.